The van der Waals surface area contributed by atoms with Gasteiger partial charge in [-0.05, 0) is 49.1 Å². The first-order valence-electron chi connectivity index (χ1n) is 11.0. The third-order valence-corrected chi connectivity index (χ3v) is 6.04. The van der Waals surface area contributed by atoms with Crippen LogP contribution in [-0.4, -0.2) is 11.7 Å². The average molecular weight is 424 g/mol. The molecule has 3 rings (SSSR count). The quantitative estimate of drug-likeness (QED) is 0.305. The van der Waals surface area contributed by atoms with Gasteiger partial charge in [-0.3, -0.25) is 9.98 Å². The number of allylic oxidation sites excluding steroid dienone is 4. The van der Waals surface area contributed by atoms with E-state index in [1.165, 1.54) is 11.1 Å². The molecule has 0 amide bonds. The molecule has 1 N–H and O–H groups in total. The van der Waals surface area contributed by atoms with Crippen molar-refractivity contribution in [3.05, 3.63) is 119 Å². The molecule has 0 aliphatic carbocycles. The van der Waals surface area contributed by atoms with E-state index in [2.05, 4.69) is 105 Å². The van der Waals surface area contributed by atoms with Crippen LogP contribution in [0.25, 0.3) is 0 Å². The third kappa shape index (κ3) is 5.23. The zero-order chi connectivity index (χ0) is 23.2. The van der Waals surface area contributed by atoms with E-state index < -0.39 is 0 Å². The Labute approximate surface area is 192 Å². The van der Waals surface area contributed by atoms with E-state index in [1.54, 1.807) is 0 Å². The second-order valence-electron chi connectivity index (χ2n) is 9.10. The van der Waals surface area contributed by atoms with Gasteiger partial charge >= 0.3 is 0 Å². The number of nitrogens with one attached hydrogen (secondary N) is 1. The summed E-state index contributed by atoms with van der Waals surface area (Å²) in [5.41, 5.74) is 5.99. The van der Waals surface area contributed by atoms with Crippen LogP contribution >= 0.6 is 0 Å². The highest BCUT2D eigenvalue weighted by Crippen LogP contribution is 2.32. The van der Waals surface area contributed by atoms with Gasteiger partial charge in [0.1, 0.15) is 0 Å². The van der Waals surface area contributed by atoms with Gasteiger partial charge in [0.15, 0.2) is 0 Å². The predicted molar refractivity (Wildman–Crippen MR) is 137 cm³/mol. The molecular weight excluding hydrogens is 390 g/mol. The highest BCUT2D eigenvalue weighted by Gasteiger charge is 2.25. The maximum absolute atomic E-state index is 4.74. The lowest BCUT2D eigenvalue weighted by molar-refractivity contribution is 0.617. The van der Waals surface area contributed by atoms with Gasteiger partial charge in [-0.25, -0.2) is 0 Å². The van der Waals surface area contributed by atoms with Crippen LogP contribution in [0.2, 0.25) is 0 Å². The van der Waals surface area contributed by atoms with Crippen molar-refractivity contribution in [2.24, 2.45) is 4.99 Å². The van der Waals surface area contributed by atoms with Crippen LogP contribution in [0.5, 0.6) is 0 Å². The van der Waals surface area contributed by atoms with Crippen LogP contribution < -0.4 is 5.32 Å². The van der Waals surface area contributed by atoms with Gasteiger partial charge in [0.05, 0.1) is 17.6 Å². The van der Waals surface area contributed by atoms with Crippen LogP contribution in [-0.2, 0) is 10.8 Å². The van der Waals surface area contributed by atoms with Crippen molar-refractivity contribution in [2.75, 3.05) is 5.32 Å². The molecule has 0 radical (unpaired) electrons. The summed E-state index contributed by atoms with van der Waals surface area (Å²) < 4.78 is 0. The van der Waals surface area contributed by atoms with E-state index in [-0.39, 0.29) is 10.8 Å². The summed E-state index contributed by atoms with van der Waals surface area (Å²) in [4.78, 5) is 9.05. The Bertz CT molecular complexity index is 1090. The summed E-state index contributed by atoms with van der Waals surface area (Å²) in [6, 6.07) is 25.0. The average Bonchev–Trinajstić information content (AvgIpc) is 2.81. The highest BCUT2D eigenvalue weighted by molar-refractivity contribution is 5.49. The van der Waals surface area contributed by atoms with Gasteiger partial charge in [-0.2, -0.15) is 0 Å². The first-order chi connectivity index (χ1) is 15.2. The second kappa shape index (κ2) is 9.78. The van der Waals surface area contributed by atoms with Crippen LogP contribution in [0.1, 0.15) is 51.4 Å². The first kappa shape index (κ1) is 23.2. The first-order valence-corrected chi connectivity index (χ1v) is 11.0. The standard InChI is InChI=1S/C29H33N3/c1-22(17-19-26(30-6)28(2,3)23-13-9-7-10-14-23)32-25-18-20-27(31-21-25)29(4,5)24-15-11-8-12-16-24/h7-21,32H,6H2,1-5H3/b22-17+,26-19-. The topological polar surface area (TPSA) is 37.3 Å². The molecule has 164 valence electrons. The molecule has 0 atom stereocenters. The van der Waals surface area contributed by atoms with E-state index in [4.69, 9.17) is 4.98 Å². The van der Waals surface area contributed by atoms with E-state index >= 15 is 0 Å². The van der Waals surface area contributed by atoms with E-state index in [9.17, 15) is 0 Å². The summed E-state index contributed by atoms with van der Waals surface area (Å²) in [6.45, 7) is 14.6. The molecule has 0 fully saturated rings. The van der Waals surface area contributed by atoms with Crippen molar-refractivity contribution in [3.8, 4) is 0 Å². The highest BCUT2D eigenvalue weighted by atomic mass is 14.9. The number of hydrogen-bond acceptors (Lipinski definition) is 3. The summed E-state index contributed by atoms with van der Waals surface area (Å²) in [7, 11) is 0. The Kier molecular flexibility index (Phi) is 7.09. The molecule has 3 heteroatoms. The molecule has 0 aliphatic rings. The number of pyridine rings is 1. The Hall–Kier alpha value is -3.46. The lowest BCUT2D eigenvalue weighted by Gasteiger charge is -2.25. The summed E-state index contributed by atoms with van der Waals surface area (Å²) in [5, 5.41) is 3.42. The zero-order valence-electron chi connectivity index (χ0n) is 19.8. The largest absolute Gasteiger partial charge is 0.358 e. The van der Waals surface area contributed by atoms with Crippen molar-refractivity contribution in [1.82, 2.24) is 4.98 Å². The molecule has 1 heterocycles. The molecule has 0 spiro atoms. The minimum Gasteiger partial charge on any atom is -0.358 e. The molecule has 0 unspecified atom stereocenters. The van der Waals surface area contributed by atoms with Gasteiger partial charge in [0.25, 0.3) is 0 Å². The molecular formula is C29H33N3. The van der Waals surface area contributed by atoms with Crippen LogP contribution in [0.15, 0.2) is 108 Å². The van der Waals surface area contributed by atoms with Crippen molar-refractivity contribution >= 4 is 12.4 Å². The SMILES string of the molecule is C=N/C(=C\C=C(/C)Nc1ccc(C(C)(C)c2ccccc2)nc1)C(C)(C)c1ccccc1. The van der Waals surface area contributed by atoms with Gasteiger partial charge in [0.2, 0.25) is 0 Å². The van der Waals surface area contributed by atoms with Crippen LogP contribution in [0, 0.1) is 0 Å². The van der Waals surface area contributed by atoms with Gasteiger partial charge < -0.3 is 5.32 Å². The molecule has 3 aromatic rings. The van der Waals surface area contributed by atoms with Crippen molar-refractivity contribution in [2.45, 2.75) is 45.4 Å². The van der Waals surface area contributed by atoms with Gasteiger partial charge in [-0.1, -0.05) is 88.4 Å². The fourth-order valence-electron chi connectivity index (χ4n) is 3.77. The Morgan fingerprint density at radius 2 is 1.44 bits per heavy atom. The molecule has 3 nitrogen and oxygen atoms in total. The third-order valence-electron chi connectivity index (χ3n) is 6.04. The van der Waals surface area contributed by atoms with E-state index in [0.717, 1.165) is 22.8 Å². The zero-order valence-corrected chi connectivity index (χ0v) is 19.8. The fraction of sp³-hybridized carbons (Fsp3) is 0.241. The van der Waals surface area contributed by atoms with E-state index in [0.29, 0.717) is 0 Å². The monoisotopic (exact) mass is 423 g/mol. The molecule has 1 aromatic heterocycles. The maximum Gasteiger partial charge on any atom is 0.0568 e. The number of benzene rings is 2. The Morgan fingerprint density at radius 1 is 0.844 bits per heavy atom. The fourth-order valence-corrected chi connectivity index (χ4v) is 3.77. The van der Waals surface area contributed by atoms with E-state index in [1.807, 2.05) is 37.4 Å². The number of rotatable bonds is 8. The van der Waals surface area contributed by atoms with Crippen molar-refractivity contribution in [3.63, 3.8) is 0 Å². The van der Waals surface area contributed by atoms with Gasteiger partial charge in [-0.15, -0.1) is 0 Å². The minimum atomic E-state index is -0.230. The lowest BCUT2D eigenvalue weighted by atomic mass is 9.81. The number of hydrogen-bond donors (Lipinski definition) is 1. The lowest BCUT2D eigenvalue weighted by Crippen LogP contribution is -2.20. The Balaban J connectivity index is 1.75. The molecule has 0 saturated carbocycles. The normalized spacial score (nSPS) is 13.0. The molecule has 0 saturated heterocycles. The molecule has 2 aromatic carbocycles. The second-order valence-corrected chi connectivity index (χ2v) is 9.10. The maximum atomic E-state index is 4.74. The molecule has 0 aliphatic heterocycles. The number of nitrogens with zero attached hydrogens (tertiary/aromatic N) is 2. The summed E-state index contributed by atoms with van der Waals surface area (Å²) in [5.74, 6) is 0. The molecule has 0 bridgehead atoms. The van der Waals surface area contributed by atoms with Crippen molar-refractivity contribution < 1.29 is 0 Å². The smallest absolute Gasteiger partial charge is 0.0568 e. The Morgan fingerprint density at radius 3 is 1.97 bits per heavy atom. The van der Waals surface area contributed by atoms with Crippen LogP contribution in [0.3, 0.4) is 0 Å². The van der Waals surface area contributed by atoms with Crippen molar-refractivity contribution in [1.29, 1.82) is 0 Å². The molecule has 32 heavy (non-hydrogen) atoms. The van der Waals surface area contributed by atoms with Gasteiger partial charge in [0, 0.05) is 22.2 Å². The number of aliphatic imine (C=N–C) groups is 1. The summed E-state index contributed by atoms with van der Waals surface area (Å²) >= 11 is 0. The van der Waals surface area contributed by atoms with Crippen LogP contribution in [0.4, 0.5) is 5.69 Å². The number of anilines is 1. The minimum absolute atomic E-state index is 0.152. The summed E-state index contributed by atoms with van der Waals surface area (Å²) in [6.07, 6.45) is 5.96. The predicted octanol–water partition coefficient (Wildman–Crippen LogP) is 7.29. The number of aromatic nitrogens is 1.